The molecular formula is C9H11F2Zr. The minimum Gasteiger partial charge on any atom is -1.00 e. The summed E-state index contributed by atoms with van der Waals surface area (Å²) in [6.45, 7) is 0. The summed E-state index contributed by atoms with van der Waals surface area (Å²) in [5.74, 6) is 0. The van der Waals surface area contributed by atoms with E-state index in [0.29, 0.717) is 0 Å². The molecule has 0 nitrogen and oxygen atoms in total. The molecule has 0 saturated heterocycles. The maximum Gasteiger partial charge on any atom is 3.00 e. The van der Waals surface area contributed by atoms with E-state index in [4.69, 9.17) is 0 Å². The third kappa shape index (κ3) is 2.86. The number of hydrogen-bond acceptors (Lipinski definition) is 0. The Kier molecular flexibility index (Phi) is 8.02. The summed E-state index contributed by atoms with van der Waals surface area (Å²) in [5.41, 5.74) is 3.20. The smallest absolute Gasteiger partial charge is 1.00 e. The molecule has 0 N–H and O–H groups in total. The first-order valence-corrected chi connectivity index (χ1v) is 3.70. The van der Waals surface area contributed by atoms with Crippen LogP contribution >= 0.6 is 0 Å². The zero-order valence-corrected chi connectivity index (χ0v) is 9.27. The van der Waals surface area contributed by atoms with Crippen molar-refractivity contribution in [1.82, 2.24) is 0 Å². The van der Waals surface area contributed by atoms with Gasteiger partial charge < -0.3 is 9.41 Å². The molecule has 0 bridgehead atoms. The number of fused-ring (bicyclic) bond motifs is 1. The van der Waals surface area contributed by atoms with Crippen LogP contribution in [0.4, 0.5) is 0 Å². The van der Waals surface area contributed by atoms with Crippen molar-refractivity contribution >= 4 is 0 Å². The van der Waals surface area contributed by atoms with Crippen molar-refractivity contribution < 1.29 is 35.6 Å². The van der Waals surface area contributed by atoms with Crippen LogP contribution < -0.4 is 9.41 Å². The SMILES string of the molecule is [F-].[F-].[Zr+3].c1cc2c([cH-]1)CCCC2. The van der Waals surface area contributed by atoms with Crippen LogP contribution in [0, 0.1) is 0 Å². The molecule has 12 heavy (non-hydrogen) atoms. The fourth-order valence-corrected chi connectivity index (χ4v) is 1.61. The Balaban J connectivity index is 0. The van der Waals surface area contributed by atoms with E-state index in [1.807, 2.05) is 0 Å². The second-order valence-electron chi connectivity index (χ2n) is 2.78. The summed E-state index contributed by atoms with van der Waals surface area (Å²) in [6, 6.07) is 6.69. The molecule has 1 aromatic carbocycles. The predicted octanol–water partition coefficient (Wildman–Crippen LogP) is -3.71. The van der Waals surface area contributed by atoms with Gasteiger partial charge in [-0.2, -0.15) is 23.3 Å². The molecule has 1 aliphatic rings. The van der Waals surface area contributed by atoms with Gasteiger partial charge in [0.25, 0.3) is 0 Å². The quantitative estimate of drug-likeness (QED) is 0.415. The second kappa shape index (κ2) is 6.59. The van der Waals surface area contributed by atoms with Crippen LogP contribution in [0.5, 0.6) is 0 Å². The molecule has 1 aliphatic carbocycles. The third-order valence-corrected chi connectivity index (χ3v) is 2.15. The average molecular weight is 248 g/mol. The molecule has 0 heterocycles. The Labute approximate surface area is 90.6 Å². The van der Waals surface area contributed by atoms with Crippen molar-refractivity contribution in [3.05, 3.63) is 29.3 Å². The first-order valence-electron chi connectivity index (χ1n) is 3.70. The van der Waals surface area contributed by atoms with Crippen LogP contribution in [0.25, 0.3) is 0 Å². The molecule has 0 unspecified atom stereocenters. The van der Waals surface area contributed by atoms with Gasteiger partial charge in [-0.1, -0.05) is 25.7 Å². The van der Waals surface area contributed by atoms with Crippen LogP contribution in [-0.2, 0) is 39.0 Å². The van der Waals surface area contributed by atoms with E-state index in [0.717, 1.165) is 0 Å². The summed E-state index contributed by atoms with van der Waals surface area (Å²) in [4.78, 5) is 0. The largest absolute Gasteiger partial charge is 3.00 e. The van der Waals surface area contributed by atoms with Crippen molar-refractivity contribution in [2.45, 2.75) is 25.7 Å². The zero-order chi connectivity index (χ0) is 6.10. The van der Waals surface area contributed by atoms with Crippen LogP contribution in [0.1, 0.15) is 24.0 Å². The summed E-state index contributed by atoms with van der Waals surface area (Å²) < 4.78 is 0. The summed E-state index contributed by atoms with van der Waals surface area (Å²) >= 11 is 0. The van der Waals surface area contributed by atoms with Crippen molar-refractivity contribution in [2.75, 3.05) is 0 Å². The number of rotatable bonds is 0. The molecule has 0 atom stereocenters. The van der Waals surface area contributed by atoms with Gasteiger partial charge in [0.15, 0.2) is 0 Å². The molecule has 65 valence electrons. The average Bonchev–Trinajstić information content (AvgIpc) is 2.33. The van der Waals surface area contributed by atoms with E-state index >= 15 is 0 Å². The third-order valence-electron chi connectivity index (χ3n) is 2.15. The van der Waals surface area contributed by atoms with E-state index in [9.17, 15) is 0 Å². The number of aryl methyl sites for hydroxylation is 2. The topological polar surface area (TPSA) is 0 Å². The Morgan fingerprint density at radius 3 is 2.42 bits per heavy atom. The van der Waals surface area contributed by atoms with Gasteiger partial charge in [0, 0.05) is 0 Å². The summed E-state index contributed by atoms with van der Waals surface area (Å²) in [5, 5.41) is 0. The fraction of sp³-hybridized carbons (Fsp3) is 0.444. The van der Waals surface area contributed by atoms with Gasteiger partial charge in [-0.05, 0) is 0 Å². The second-order valence-corrected chi connectivity index (χ2v) is 2.78. The van der Waals surface area contributed by atoms with Crippen molar-refractivity contribution in [1.29, 1.82) is 0 Å². The van der Waals surface area contributed by atoms with Gasteiger partial charge in [-0.3, -0.25) is 0 Å². The molecule has 2 rings (SSSR count). The molecule has 3 heteroatoms. The minimum absolute atomic E-state index is 0. The van der Waals surface area contributed by atoms with Crippen LogP contribution in [-0.4, -0.2) is 0 Å². The molecule has 1 radical (unpaired) electrons. The minimum atomic E-state index is 0. The molecule has 1 aromatic rings. The van der Waals surface area contributed by atoms with E-state index < -0.39 is 0 Å². The molecule has 0 fully saturated rings. The number of hydrogen-bond donors (Lipinski definition) is 0. The van der Waals surface area contributed by atoms with Gasteiger partial charge >= 0.3 is 26.2 Å². The molecule has 0 aromatic heterocycles. The molecule has 0 amide bonds. The van der Waals surface area contributed by atoms with Crippen molar-refractivity contribution in [3.63, 3.8) is 0 Å². The van der Waals surface area contributed by atoms with Gasteiger partial charge in [0.05, 0.1) is 0 Å². The summed E-state index contributed by atoms with van der Waals surface area (Å²) in [6.07, 6.45) is 5.44. The van der Waals surface area contributed by atoms with Crippen LogP contribution in [0.3, 0.4) is 0 Å². The standard InChI is InChI=1S/C9H11.2FH.Zr/c1-2-5-9-7-3-6-8(9)4-1;;;/h3,6-7H,1-2,4-5H2;2*1H;/q-1;;;+3/p-2. The Hall–Kier alpha value is 0.0931. The van der Waals surface area contributed by atoms with Gasteiger partial charge in [-0.25, -0.2) is 6.07 Å². The Bertz CT molecular complexity index is 188. The first kappa shape index (κ1) is 14.6. The van der Waals surface area contributed by atoms with Crippen molar-refractivity contribution in [3.8, 4) is 0 Å². The normalized spacial score (nSPS) is 13.0. The first-order chi connectivity index (χ1) is 4.47. The number of halogens is 2. The van der Waals surface area contributed by atoms with Crippen molar-refractivity contribution in [2.24, 2.45) is 0 Å². The van der Waals surface area contributed by atoms with E-state index in [1.54, 1.807) is 11.1 Å². The molecule has 0 spiro atoms. The van der Waals surface area contributed by atoms with Crippen LogP contribution in [0.15, 0.2) is 18.2 Å². The zero-order valence-electron chi connectivity index (χ0n) is 6.82. The van der Waals surface area contributed by atoms with Gasteiger partial charge in [0.2, 0.25) is 0 Å². The fourth-order valence-electron chi connectivity index (χ4n) is 1.61. The van der Waals surface area contributed by atoms with E-state index in [2.05, 4.69) is 18.2 Å². The van der Waals surface area contributed by atoms with Gasteiger partial charge in [0.1, 0.15) is 0 Å². The van der Waals surface area contributed by atoms with Crippen LogP contribution in [0.2, 0.25) is 0 Å². The molecule has 0 saturated carbocycles. The summed E-state index contributed by atoms with van der Waals surface area (Å²) in [7, 11) is 0. The molecule has 0 aliphatic heterocycles. The monoisotopic (exact) mass is 247 g/mol. The van der Waals surface area contributed by atoms with E-state index in [1.165, 1.54) is 25.7 Å². The Morgan fingerprint density at radius 1 is 1.08 bits per heavy atom. The Morgan fingerprint density at radius 2 is 1.75 bits per heavy atom. The maximum atomic E-state index is 2.26. The van der Waals surface area contributed by atoms with Gasteiger partial charge in [-0.15, -0.1) is 0 Å². The predicted molar refractivity (Wildman–Crippen MR) is 38.7 cm³/mol. The molecular weight excluding hydrogens is 237 g/mol. The maximum absolute atomic E-state index is 2.26. The van der Waals surface area contributed by atoms with E-state index in [-0.39, 0.29) is 35.6 Å².